The molecule has 1 aliphatic carbocycles. The predicted molar refractivity (Wildman–Crippen MR) is 128 cm³/mol. The zero-order valence-electron chi connectivity index (χ0n) is 18.3. The van der Waals surface area contributed by atoms with Gasteiger partial charge in [0.15, 0.2) is 0 Å². The van der Waals surface area contributed by atoms with Crippen molar-refractivity contribution >= 4 is 29.5 Å². The molecule has 5 rings (SSSR count). The van der Waals surface area contributed by atoms with Gasteiger partial charge < -0.3 is 9.64 Å². The van der Waals surface area contributed by atoms with Gasteiger partial charge in [-0.05, 0) is 87.3 Å². The van der Waals surface area contributed by atoms with Crippen LogP contribution in [0.5, 0.6) is 11.6 Å². The van der Waals surface area contributed by atoms with Gasteiger partial charge in [0.1, 0.15) is 10.9 Å². The Balaban J connectivity index is 1.33. The molecule has 9 heteroatoms. The van der Waals surface area contributed by atoms with Crippen LogP contribution in [0.1, 0.15) is 48.6 Å². The number of aromatic nitrogens is 4. The van der Waals surface area contributed by atoms with Crippen molar-refractivity contribution in [3.63, 3.8) is 0 Å². The van der Waals surface area contributed by atoms with Crippen molar-refractivity contribution in [2.24, 2.45) is 7.05 Å². The largest absolute Gasteiger partial charge is 0.438 e. The van der Waals surface area contributed by atoms with Crippen molar-refractivity contribution in [3.8, 4) is 11.6 Å². The Labute approximate surface area is 197 Å². The molecule has 0 atom stereocenters. The van der Waals surface area contributed by atoms with E-state index in [1.54, 1.807) is 10.9 Å². The first-order chi connectivity index (χ1) is 15.5. The van der Waals surface area contributed by atoms with E-state index in [9.17, 15) is 0 Å². The lowest BCUT2D eigenvalue weighted by Gasteiger charge is -2.29. The van der Waals surface area contributed by atoms with Crippen molar-refractivity contribution in [3.05, 3.63) is 52.9 Å². The van der Waals surface area contributed by atoms with E-state index in [2.05, 4.69) is 43.9 Å². The van der Waals surface area contributed by atoms with Gasteiger partial charge in [-0.3, -0.25) is 9.40 Å². The van der Waals surface area contributed by atoms with Gasteiger partial charge in [-0.15, -0.1) is 0 Å². The molecule has 0 radical (unpaired) electrons. The number of anilines is 1. The Morgan fingerprint density at radius 3 is 2.44 bits per heavy atom. The molecule has 7 nitrogen and oxygen atoms in total. The fourth-order valence-electron chi connectivity index (χ4n) is 4.08. The number of likely N-dealkylation sites (tertiary alicyclic amines) is 1. The first-order valence-electron chi connectivity index (χ1n) is 11.0. The molecular weight excluding hydrogens is 444 g/mol. The summed E-state index contributed by atoms with van der Waals surface area (Å²) in [6.07, 6.45) is 8.28. The van der Waals surface area contributed by atoms with E-state index in [4.69, 9.17) is 16.3 Å². The third kappa shape index (κ3) is 5.03. The highest BCUT2D eigenvalue weighted by molar-refractivity contribution is 8.00. The minimum Gasteiger partial charge on any atom is -0.438 e. The van der Waals surface area contributed by atoms with Crippen LogP contribution in [0.15, 0.2) is 41.6 Å². The lowest BCUT2D eigenvalue weighted by molar-refractivity contribution is 0.255. The van der Waals surface area contributed by atoms with Crippen molar-refractivity contribution in [1.29, 1.82) is 0 Å². The van der Waals surface area contributed by atoms with Crippen molar-refractivity contribution in [2.45, 2.75) is 42.4 Å². The second-order valence-corrected chi connectivity index (χ2v) is 9.87. The van der Waals surface area contributed by atoms with E-state index in [0.717, 1.165) is 42.1 Å². The molecule has 3 heterocycles. The normalized spacial score (nSPS) is 17.5. The number of rotatable bonds is 7. The van der Waals surface area contributed by atoms with E-state index in [-0.39, 0.29) is 0 Å². The van der Waals surface area contributed by atoms with Gasteiger partial charge in [0.05, 0.1) is 16.7 Å². The summed E-state index contributed by atoms with van der Waals surface area (Å²) < 4.78 is 11.1. The molecular formula is C23H27ClN6OS. The molecule has 0 amide bonds. The maximum absolute atomic E-state index is 6.56. The Kier molecular flexibility index (Phi) is 6.26. The van der Waals surface area contributed by atoms with Crippen LogP contribution in [0.2, 0.25) is 5.15 Å². The molecule has 32 heavy (non-hydrogen) atoms. The summed E-state index contributed by atoms with van der Waals surface area (Å²) in [5.41, 5.74) is 2.28. The minimum absolute atomic E-state index is 0.371. The summed E-state index contributed by atoms with van der Waals surface area (Å²) >= 11 is 7.95. The second kappa shape index (κ2) is 9.29. The summed E-state index contributed by atoms with van der Waals surface area (Å²) in [6, 6.07) is 8.44. The van der Waals surface area contributed by atoms with Gasteiger partial charge in [0.25, 0.3) is 0 Å². The molecule has 168 valence electrons. The van der Waals surface area contributed by atoms with Gasteiger partial charge in [-0.1, -0.05) is 23.7 Å². The number of halogens is 1. The van der Waals surface area contributed by atoms with Crippen LogP contribution in [-0.4, -0.2) is 44.8 Å². The first kappa shape index (κ1) is 21.6. The third-order valence-corrected chi connectivity index (χ3v) is 7.09. The van der Waals surface area contributed by atoms with Crippen LogP contribution in [0.25, 0.3) is 0 Å². The van der Waals surface area contributed by atoms with Crippen LogP contribution in [-0.2, 0) is 7.05 Å². The van der Waals surface area contributed by atoms with E-state index in [1.807, 2.05) is 25.4 Å². The quantitative estimate of drug-likeness (QED) is 0.363. The average Bonchev–Trinajstić information content (AvgIpc) is 3.53. The molecule has 1 N–H and O–H groups in total. The molecule has 3 aromatic rings. The minimum atomic E-state index is 0.371. The van der Waals surface area contributed by atoms with E-state index in [0.29, 0.717) is 28.8 Å². The number of hydrogen-bond acceptors (Lipinski definition) is 7. The highest BCUT2D eigenvalue weighted by Gasteiger charge is 2.32. The Hall–Kier alpha value is -2.29. The van der Waals surface area contributed by atoms with Gasteiger partial charge in [0.2, 0.25) is 11.8 Å². The van der Waals surface area contributed by atoms with Gasteiger partial charge in [0, 0.05) is 13.2 Å². The first-order valence-corrected chi connectivity index (χ1v) is 12.2. The topological polar surface area (TPSA) is 68.1 Å². The van der Waals surface area contributed by atoms with Gasteiger partial charge >= 0.3 is 0 Å². The van der Waals surface area contributed by atoms with E-state index < -0.39 is 0 Å². The fourth-order valence-corrected chi connectivity index (χ4v) is 5.00. The zero-order valence-corrected chi connectivity index (χ0v) is 19.9. The van der Waals surface area contributed by atoms with E-state index >= 15 is 0 Å². The number of hydrogen-bond donors (Lipinski definition) is 1. The van der Waals surface area contributed by atoms with Crippen molar-refractivity contribution < 1.29 is 4.74 Å². The summed E-state index contributed by atoms with van der Waals surface area (Å²) in [7, 11) is 4.07. The summed E-state index contributed by atoms with van der Waals surface area (Å²) in [6.45, 7) is 2.31. The maximum atomic E-state index is 6.56. The second-order valence-electron chi connectivity index (χ2n) is 8.63. The summed E-state index contributed by atoms with van der Waals surface area (Å²) in [4.78, 5) is 12.5. The summed E-state index contributed by atoms with van der Waals surface area (Å²) in [5, 5.41) is 4.63. The highest BCUT2D eigenvalue weighted by atomic mass is 35.5. The van der Waals surface area contributed by atoms with Crippen LogP contribution < -0.4 is 9.46 Å². The number of nitrogens with one attached hydrogen (secondary N) is 1. The number of aryl methyl sites for hydroxylation is 1. The van der Waals surface area contributed by atoms with Crippen LogP contribution >= 0.6 is 23.5 Å². The standard InChI is InChI=1S/C23H27ClN6OS/c1-29-11-9-16(10-12-29)15-5-7-18(8-6-15)31-22-20(17-3-4-17)21(24)26-23(27-22)28-32-19-13-25-30(2)14-19/h5-8,13-14,16-17H,3-4,9-12H2,1-2H3,(H,26,27,28). The number of benzene rings is 1. The summed E-state index contributed by atoms with van der Waals surface area (Å²) in [5.74, 6) is 2.72. The predicted octanol–water partition coefficient (Wildman–Crippen LogP) is 5.46. The zero-order chi connectivity index (χ0) is 22.1. The van der Waals surface area contributed by atoms with Crippen LogP contribution in [0.4, 0.5) is 5.95 Å². The molecule has 1 aliphatic heterocycles. The highest BCUT2D eigenvalue weighted by Crippen LogP contribution is 2.47. The van der Waals surface area contributed by atoms with Gasteiger partial charge in [-0.25, -0.2) is 0 Å². The molecule has 1 saturated carbocycles. The Morgan fingerprint density at radius 1 is 1.03 bits per heavy atom. The Bertz CT molecular complexity index is 1080. The smallest absolute Gasteiger partial charge is 0.237 e. The lowest BCUT2D eigenvalue weighted by Crippen LogP contribution is -2.29. The van der Waals surface area contributed by atoms with Gasteiger partial charge in [-0.2, -0.15) is 15.1 Å². The number of piperidine rings is 1. The number of nitrogens with zero attached hydrogens (tertiary/aromatic N) is 5. The molecule has 2 aliphatic rings. The fraction of sp³-hybridized carbons (Fsp3) is 0.435. The number of ether oxygens (including phenoxy) is 1. The molecule has 0 unspecified atom stereocenters. The molecule has 1 saturated heterocycles. The SMILES string of the molecule is CN1CCC(c2ccc(Oc3nc(NSc4cnn(C)c4)nc(Cl)c3C3CC3)cc2)CC1. The van der Waals surface area contributed by atoms with Crippen molar-refractivity contribution in [2.75, 3.05) is 24.9 Å². The van der Waals surface area contributed by atoms with Crippen LogP contribution in [0, 0.1) is 0 Å². The molecule has 1 aromatic carbocycles. The van der Waals surface area contributed by atoms with Crippen molar-refractivity contribution in [1.82, 2.24) is 24.6 Å². The molecule has 2 aromatic heterocycles. The average molecular weight is 471 g/mol. The lowest BCUT2D eigenvalue weighted by atomic mass is 9.90. The molecule has 0 bridgehead atoms. The monoisotopic (exact) mass is 470 g/mol. The van der Waals surface area contributed by atoms with Crippen LogP contribution in [0.3, 0.4) is 0 Å². The van der Waals surface area contributed by atoms with E-state index in [1.165, 1.54) is 30.4 Å². The molecule has 2 fully saturated rings. The maximum Gasteiger partial charge on any atom is 0.237 e. The third-order valence-electron chi connectivity index (χ3n) is 6.08. The Morgan fingerprint density at radius 2 is 1.78 bits per heavy atom. The molecule has 0 spiro atoms.